The van der Waals surface area contributed by atoms with Crippen LogP contribution in [0.3, 0.4) is 0 Å². The van der Waals surface area contributed by atoms with E-state index in [1.165, 1.54) is 6.92 Å². The minimum atomic E-state index is -1.26. The van der Waals surface area contributed by atoms with Crippen molar-refractivity contribution in [3.63, 3.8) is 0 Å². The summed E-state index contributed by atoms with van der Waals surface area (Å²) in [5.74, 6) is -3.87. The highest BCUT2D eigenvalue weighted by Gasteiger charge is 1.88. The Morgan fingerprint density at radius 1 is 0.706 bits per heavy atom. The lowest BCUT2D eigenvalue weighted by Gasteiger charge is -1.74. The molecule has 0 fully saturated rings. The summed E-state index contributed by atoms with van der Waals surface area (Å²) in [7, 11) is 0. The van der Waals surface area contributed by atoms with Crippen molar-refractivity contribution in [2.45, 2.75) is 14.4 Å². The second kappa shape index (κ2) is 11.6. The number of carboxylic acid groups (broad SMARTS) is 3. The van der Waals surface area contributed by atoms with Gasteiger partial charge in [0.1, 0.15) is 0 Å². The second-order valence-electron chi connectivity index (χ2n) is 2.29. The van der Waals surface area contributed by atoms with Crippen LogP contribution in [-0.4, -0.2) is 39.0 Å². The molecule has 0 bridgehead atoms. The van der Waals surface area contributed by atoms with Crippen molar-refractivity contribution in [3.05, 3.63) is 24.3 Å². The predicted octanol–water partition coefficient (Wildman–Crippen LogP) is 0.564. The quantitative estimate of drug-likeness (QED) is 0.618. The SMILES string of the molecule is C.CC(=O)/C=C\C(=O)O.O=C(O)/C=C/C(=O)O. The summed E-state index contributed by atoms with van der Waals surface area (Å²) >= 11 is 0. The molecule has 0 aliphatic heterocycles. The van der Waals surface area contributed by atoms with E-state index < -0.39 is 17.9 Å². The zero-order chi connectivity index (χ0) is 13.1. The molecule has 0 saturated heterocycles. The first-order valence-electron chi connectivity index (χ1n) is 3.81. The van der Waals surface area contributed by atoms with E-state index in [9.17, 15) is 19.2 Å². The molecule has 7 nitrogen and oxygen atoms in total. The van der Waals surface area contributed by atoms with Gasteiger partial charge in [-0.25, -0.2) is 14.4 Å². The number of carboxylic acids is 3. The van der Waals surface area contributed by atoms with Crippen molar-refractivity contribution in [2.24, 2.45) is 0 Å². The fourth-order valence-corrected chi connectivity index (χ4v) is 0.331. The number of carbonyl (C=O) groups is 4. The summed E-state index contributed by atoms with van der Waals surface area (Å²) < 4.78 is 0. The molecule has 0 atom stereocenters. The Morgan fingerprint density at radius 2 is 0.941 bits per heavy atom. The molecule has 7 heteroatoms. The van der Waals surface area contributed by atoms with Crippen LogP contribution in [0, 0.1) is 0 Å². The van der Waals surface area contributed by atoms with Crippen LogP contribution in [0.15, 0.2) is 24.3 Å². The van der Waals surface area contributed by atoms with Crippen LogP contribution in [0.1, 0.15) is 14.4 Å². The van der Waals surface area contributed by atoms with Crippen LogP contribution in [0.4, 0.5) is 0 Å². The summed E-state index contributed by atoms with van der Waals surface area (Å²) in [4.78, 5) is 38.8. The van der Waals surface area contributed by atoms with Gasteiger partial charge in [-0.05, 0) is 13.0 Å². The smallest absolute Gasteiger partial charge is 0.328 e. The monoisotopic (exact) mass is 246 g/mol. The van der Waals surface area contributed by atoms with E-state index in [0.29, 0.717) is 12.2 Å². The largest absolute Gasteiger partial charge is 0.478 e. The molecule has 0 rings (SSSR count). The zero-order valence-electron chi connectivity index (χ0n) is 8.28. The normalized spacial score (nSPS) is 9.00. The summed E-state index contributed by atoms with van der Waals surface area (Å²) in [6, 6.07) is 0. The highest BCUT2D eigenvalue weighted by Crippen LogP contribution is 1.73. The first-order chi connectivity index (χ1) is 7.25. The molecule has 0 spiro atoms. The van der Waals surface area contributed by atoms with Gasteiger partial charge >= 0.3 is 17.9 Å². The van der Waals surface area contributed by atoms with Gasteiger partial charge in [-0.3, -0.25) is 4.79 Å². The number of ketones is 1. The third kappa shape index (κ3) is 31.7. The molecule has 0 aliphatic carbocycles. The van der Waals surface area contributed by atoms with Gasteiger partial charge in [0, 0.05) is 18.2 Å². The average Bonchev–Trinajstić information content (AvgIpc) is 2.12. The Hall–Kier alpha value is -2.44. The average molecular weight is 246 g/mol. The summed E-state index contributed by atoms with van der Waals surface area (Å²) in [6.45, 7) is 1.29. The van der Waals surface area contributed by atoms with Crippen molar-refractivity contribution < 1.29 is 34.5 Å². The van der Waals surface area contributed by atoms with Crippen LogP contribution in [0.25, 0.3) is 0 Å². The van der Waals surface area contributed by atoms with E-state index in [1.54, 1.807) is 0 Å². The maximum absolute atomic E-state index is 10.00. The molecule has 0 radical (unpaired) electrons. The van der Waals surface area contributed by atoms with Crippen molar-refractivity contribution >= 4 is 23.7 Å². The van der Waals surface area contributed by atoms with E-state index in [-0.39, 0.29) is 13.2 Å². The summed E-state index contributed by atoms with van der Waals surface area (Å²) in [5, 5.41) is 23.5. The van der Waals surface area contributed by atoms with E-state index in [1.807, 2.05) is 0 Å². The Bertz CT molecular complexity index is 273. The molecule has 0 unspecified atom stereocenters. The van der Waals surface area contributed by atoms with Gasteiger partial charge < -0.3 is 15.3 Å². The van der Waals surface area contributed by atoms with Crippen LogP contribution in [0.2, 0.25) is 0 Å². The topological polar surface area (TPSA) is 129 Å². The lowest BCUT2D eigenvalue weighted by atomic mass is 10.4. The number of rotatable bonds is 4. The Balaban J connectivity index is -0.000000218. The zero-order valence-corrected chi connectivity index (χ0v) is 8.28. The van der Waals surface area contributed by atoms with Crippen LogP contribution >= 0.6 is 0 Å². The van der Waals surface area contributed by atoms with Gasteiger partial charge in [-0.1, -0.05) is 7.43 Å². The molecular weight excluding hydrogens is 232 g/mol. The Kier molecular flexibility index (Phi) is 13.7. The first-order valence-corrected chi connectivity index (χ1v) is 3.81. The molecule has 17 heavy (non-hydrogen) atoms. The number of aliphatic carboxylic acids is 3. The molecule has 3 N–H and O–H groups in total. The molecule has 0 aromatic rings. The van der Waals surface area contributed by atoms with Crippen molar-refractivity contribution in [1.82, 2.24) is 0 Å². The number of carbonyl (C=O) groups excluding carboxylic acids is 1. The lowest BCUT2D eigenvalue weighted by Crippen LogP contribution is -1.91. The van der Waals surface area contributed by atoms with Crippen LogP contribution in [0.5, 0.6) is 0 Å². The maximum Gasteiger partial charge on any atom is 0.328 e. The fourth-order valence-electron chi connectivity index (χ4n) is 0.331. The standard InChI is InChI=1S/C5H6O3.C4H4O4.CH4/c1-4(6)2-3-5(7)8;5-3(6)1-2-4(7)8;/h2-3H,1H3,(H,7,8);1-2H,(H,5,6)(H,7,8);1H4/b3-2-;2-1+;. The second-order valence-corrected chi connectivity index (χ2v) is 2.29. The Morgan fingerprint density at radius 3 is 1.06 bits per heavy atom. The molecule has 0 heterocycles. The summed E-state index contributed by atoms with van der Waals surface area (Å²) in [5.41, 5.74) is 0. The third-order valence-corrected chi connectivity index (χ3v) is 0.829. The van der Waals surface area contributed by atoms with E-state index in [0.717, 1.165) is 12.2 Å². The Labute approximate surface area is 97.7 Å². The van der Waals surface area contributed by atoms with E-state index in [4.69, 9.17) is 15.3 Å². The van der Waals surface area contributed by atoms with Crippen molar-refractivity contribution in [1.29, 1.82) is 0 Å². The van der Waals surface area contributed by atoms with E-state index in [2.05, 4.69) is 0 Å². The number of hydrogen-bond donors (Lipinski definition) is 3. The molecule has 0 amide bonds. The fraction of sp³-hybridized carbons (Fsp3) is 0.200. The highest BCUT2D eigenvalue weighted by molar-refractivity contribution is 5.93. The molecule has 0 aromatic heterocycles. The molecule has 96 valence electrons. The predicted molar refractivity (Wildman–Crippen MR) is 58.6 cm³/mol. The minimum absolute atomic E-state index is 0. The number of hydrogen-bond acceptors (Lipinski definition) is 4. The molecule has 0 aromatic carbocycles. The van der Waals surface area contributed by atoms with Crippen molar-refractivity contribution in [2.75, 3.05) is 0 Å². The minimum Gasteiger partial charge on any atom is -0.478 e. The first kappa shape index (κ1) is 20.0. The van der Waals surface area contributed by atoms with Crippen molar-refractivity contribution in [3.8, 4) is 0 Å². The van der Waals surface area contributed by atoms with Crippen LogP contribution in [-0.2, 0) is 19.2 Å². The van der Waals surface area contributed by atoms with Gasteiger partial charge in [0.2, 0.25) is 0 Å². The molecule has 0 aliphatic rings. The van der Waals surface area contributed by atoms with Gasteiger partial charge in [-0.15, -0.1) is 0 Å². The van der Waals surface area contributed by atoms with E-state index >= 15 is 0 Å². The van der Waals surface area contributed by atoms with Gasteiger partial charge in [0.25, 0.3) is 0 Å². The third-order valence-electron chi connectivity index (χ3n) is 0.829. The summed E-state index contributed by atoms with van der Waals surface area (Å²) in [6.07, 6.45) is 2.93. The lowest BCUT2D eigenvalue weighted by molar-refractivity contribution is -0.134. The van der Waals surface area contributed by atoms with Crippen LogP contribution < -0.4 is 0 Å². The highest BCUT2D eigenvalue weighted by atomic mass is 16.4. The van der Waals surface area contributed by atoms with Gasteiger partial charge in [-0.2, -0.15) is 0 Å². The van der Waals surface area contributed by atoms with Gasteiger partial charge in [0.05, 0.1) is 0 Å². The van der Waals surface area contributed by atoms with Gasteiger partial charge in [0.15, 0.2) is 5.78 Å². The molecule has 0 saturated carbocycles. The number of allylic oxidation sites excluding steroid dienone is 1. The maximum atomic E-state index is 10.00. The molecular formula is C10H14O7.